The monoisotopic (exact) mass is 341 g/mol. The van der Waals surface area contributed by atoms with Crippen LogP contribution in [0.4, 0.5) is 5.95 Å². The molecule has 8 heteroatoms. The van der Waals surface area contributed by atoms with Gasteiger partial charge in [0.05, 0.1) is 11.3 Å². The number of carbonyl (C=O) groups excluding carboxylic acids is 1. The molecule has 0 unspecified atom stereocenters. The molecule has 0 bridgehead atoms. The number of aromatic amines is 1. The van der Waals surface area contributed by atoms with Gasteiger partial charge in [-0.25, -0.2) is 9.97 Å². The number of rotatable bonds is 3. The van der Waals surface area contributed by atoms with Crippen LogP contribution in [0, 0.1) is 13.8 Å². The van der Waals surface area contributed by atoms with E-state index in [2.05, 4.69) is 30.0 Å². The molecule has 0 spiro atoms. The molecule has 8 nitrogen and oxygen atoms in total. The lowest BCUT2D eigenvalue weighted by Gasteiger charge is -2.48. The van der Waals surface area contributed by atoms with E-state index in [9.17, 15) is 4.79 Å². The van der Waals surface area contributed by atoms with Gasteiger partial charge in [0, 0.05) is 63.4 Å². The molecule has 2 aromatic heterocycles. The minimum absolute atomic E-state index is 0.0938. The number of anilines is 1. The Kier molecular flexibility index (Phi) is 4.12. The van der Waals surface area contributed by atoms with Crippen molar-refractivity contribution in [2.45, 2.75) is 19.9 Å². The lowest BCUT2D eigenvalue weighted by Crippen LogP contribution is -2.64. The number of aryl methyl sites for hydroxylation is 2. The summed E-state index contributed by atoms with van der Waals surface area (Å²) in [7, 11) is 0. The van der Waals surface area contributed by atoms with Crippen molar-refractivity contribution in [2.75, 3.05) is 44.2 Å². The fourth-order valence-electron chi connectivity index (χ4n) is 3.62. The molecule has 0 aliphatic carbocycles. The van der Waals surface area contributed by atoms with Crippen molar-refractivity contribution in [3.63, 3.8) is 0 Å². The van der Waals surface area contributed by atoms with Crippen molar-refractivity contribution < 1.29 is 4.79 Å². The first kappa shape index (κ1) is 16.0. The molecular weight excluding hydrogens is 318 g/mol. The second kappa shape index (κ2) is 6.44. The smallest absolute Gasteiger partial charge is 0.257 e. The van der Waals surface area contributed by atoms with Crippen LogP contribution in [0.5, 0.6) is 0 Å². The highest BCUT2D eigenvalue weighted by Crippen LogP contribution is 2.22. The lowest BCUT2D eigenvalue weighted by atomic mass is 10.0. The second-order valence-electron chi connectivity index (χ2n) is 6.74. The van der Waals surface area contributed by atoms with Crippen LogP contribution in [0.3, 0.4) is 0 Å². The highest BCUT2D eigenvalue weighted by Gasteiger charge is 2.37. The zero-order chi connectivity index (χ0) is 17.4. The van der Waals surface area contributed by atoms with E-state index >= 15 is 0 Å². The molecule has 0 atom stereocenters. The molecule has 1 N–H and O–H groups in total. The molecule has 4 heterocycles. The van der Waals surface area contributed by atoms with Gasteiger partial charge in [-0.2, -0.15) is 5.10 Å². The fourth-order valence-corrected chi connectivity index (χ4v) is 3.62. The van der Waals surface area contributed by atoms with Gasteiger partial charge in [-0.1, -0.05) is 0 Å². The number of amides is 1. The van der Waals surface area contributed by atoms with E-state index in [0.29, 0.717) is 6.04 Å². The Labute approximate surface area is 146 Å². The maximum Gasteiger partial charge on any atom is 0.257 e. The molecular formula is C17H23N7O. The quantitative estimate of drug-likeness (QED) is 0.874. The molecule has 2 fully saturated rings. The molecule has 2 aromatic rings. The zero-order valence-corrected chi connectivity index (χ0v) is 14.6. The first-order chi connectivity index (χ1) is 12.1. The standard InChI is InChI=1S/C17H23N7O/c1-12-15(13(2)21-20-12)16(25)24-10-14(11-24)22-6-8-23(9-7-22)17-18-4-3-5-19-17/h3-5,14H,6-11H2,1-2H3,(H,20,21). The van der Waals surface area contributed by atoms with Crippen molar-refractivity contribution in [3.05, 3.63) is 35.4 Å². The van der Waals surface area contributed by atoms with Crippen LogP contribution < -0.4 is 4.90 Å². The third-order valence-corrected chi connectivity index (χ3v) is 5.16. The Bertz CT molecular complexity index is 726. The first-order valence-electron chi connectivity index (χ1n) is 8.70. The predicted octanol–water partition coefficient (Wildman–Crippen LogP) is 0.463. The first-order valence-corrected chi connectivity index (χ1v) is 8.70. The molecule has 1 amide bonds. The summed E-state index contributed by atoms with van der Waals surface area (Å²) < 4.78 is 0. The van der Waals surface area contributed by atoms with Crippen molar-refractivity contribution >= 4 is 11.9 Å². The summed E-state index contributed by atoms with van der Waals surface area (Å²) in [5, 5.41) is 7.01. The second-order valence-corrected chi connectivity index (χ2v) is 6.74. The molecule has 0 saturated carbocycles. The number of nitrogens with one attached hydrogen (secondary N) is 1. The Morgan fingerprint density at radius 1 is 1.12 bits per heavy atom. The van der Waals surface area contributed by atoms with Crippen molar-refractivity contribution in [3.8, 4) is 0 Å². The fraction of sp³-hybridized carbons (Fsp3) is 0.529. The van der Waals surface area contributed by atoms with Gasteiger partial charge in [-0.05, 0) is 19.9 Å². The predicted molar refractivity (Wildman–Crippen MR) is 93.6 cm³/mol. The molecule has 0 aromatic carbocycles. The van der Waals surface area contributed by atoms with E-state index in [1.54, 1.807) is 12.4 Å². The van der Waals surface area contributed by atoms with Crippen molar-refractivity contribution in [2.24, 2.45) is 0 Å². The lowest BCUT2D eigenvalue weighted by molar-refractivity contribution is 0.0245. The van der Waals surface area contributed by atoms with Gasteiger partial charge in [-0.3, -0.25) is 14.8 Å². The molecule has 2 saturated heterocycles. The van der Waals surface area contributed by atoms with E-state index in [4.69, 9.17) is 0 Å². The Hall–Kier alpha value is -2.48. The Balaban J connectivity index is 1.30. The average Bonchev–Trinajstić information content (AvgIpc) is 2.93. The molecule has 0 radical (unpaired) electrons. The number of H-pyrrole nitrogens is 1. The summed E-state index contributed by atoms with van der Waals surface area (Å²) in [5.74, 6) is 0.898. The normalized spacial score (nSPS) is 19.1. The van der Waals surface area contributed by atoms with Gasteiger partial charge in [0.1, 0.15) is 0 Å². The summed E-state index contributed by atoms with van der Waals surface area (Å²) in [5.41, 5.74) is 2.36. The van der Waals surface area contributed by atoms with Crippen LogP contribution in [0.25, 0.3) is 0 Å². The number of hydrogen-bond donors (Lipinski definition) is 1. The largest absolute Gasteiger partial charge is 0.338 e. The van der Waals surface area contributed by atoms with Gasteiger partial charge < -0.3 is 9.80 Å². The maximum absolute atomic E-state index is 12.6. The Morgan fingerprint density at radius 3 is 2.40 bits per heavy atom. The average molecular weight is 341 g/mol. The molecule has 25 heavy (non-hydrogen) atoms. The highest BCUT2D eigenvalue weighted by molar-refractivity contribution is 5.96. The number of piperazine rings is 1. The van der Waals surface area contributed by atoms with Crippen LogP contribution in [0.15, 0.2) is 18.5 Å². The highest BCUT2D eigenvalue weighted by atomic mass is 16.2. The maximum atomic E-state index is 12.6. The third kappa shape index (κ3) is 2.97. The Morgan fingerprint density at radius 2 is 1.80 bits per heavy atom. The van der Waals surface area contributed by atoms with Crippen LogP contribution in [0.1, 0.15) is 21.7 Å². The van der Waals surface area contributed by atoms with E-state index in [1.165, 1.54) is 0 Å². The molecule has 2 aliphatic heterocycles. The topological polar surface area (TPSA) is 81.3 Å². The van der Waals surface area contributed by atoms with E-state index < -0.39 is 0 Å². The number of carbonyl (C=O) groups is 1. The zero-order valence-electron chi connectivity index (χ0n) is 14.6. The van der Waals surface area contributed by atoms with Gasteiger partial charge in [0.15, 0.2) is 0 Å². The third-order valence-electron chi connectivity index (χ3n) is 5.16. The van der Waals surface area contributed by atoms with Crippen molar-refractivity contribution in [1.82, 2.24) is 30.0 Å². The number of hydrogen-bond acceptors (Lipinski definition) is 6. The summed E-state index contributed by atoms with van der Waals surface area (Å²) in [4.78, 5) is 27.9. The number of aromatic nitrogens is 4. The summed E-state index contributed by atoms with van der Waals surface area (Å²) in [6.45, 7) is 9.18. The van der Waals surface area contributed by atoms with E-state index in [0.717, 1.165) is 62.2 Å². The summed E-state index contributed by atoms with van der Waals surface area (Å²) in [6.07, 6.45) is 3.56. The SMILES string of the molecule is Cc1n[nH]c(C)c1C(=O)N1CC(N2CCN(c3ncccn3)CC2)C1. The van der Waals surface area contributed by atoms with E-state index in [1.807, 2.05) is 24.8 Å². The van der Waals surface area contributed by atoms with Gasteiger partial charge in [0.25, 0.3) is 5.91 Å². The van der Waals surface area contributed by atoms with Crippen molar-refractivity contribution in [1.29, 1.82) is 0 Å². The molecule has 4 rings (SSSR count). The minimum atomic E-state index is 0.0938. The van der Waals surface area contributed by atoms with Crippen LogP contribution in [-0.4, -0.2) is 81.2 Å². The van der Waals surface area contributed by atoms with Crippen LogP contribution in [-0.2, 0) is 0 Å². The summed E-state index contributed by atoms with van der Waals surface area (Å²) in [6, 6.07) is 2.29. The summed E-state index contributed by atoms with van der Waals surface area (Å²) >= 11 is 0. The minimum Gasteiger partial charge on any atom is -0.338 e. The van der Waals surface area contributed by atoms with Gasteiger partial charge >= 0.3 is 0 Å². The van der Waals surface area contributed by atoms with Gasteiger partial charge in [0.2, 0.25) is 5.95 Å². The number of likely N-dealkylation sites (tertiary alicyclic amines) is 1. The molecule has 132 valence electrons. The van der Waals surface area contributed by atoms with Gasteiger partial charge in [-0.15, -0.1) is 0 Å². The molecule has 2 aliphatic rings. The van der Waals surface area contributed by atoms with Crippen LogP contribution >= 0.6 is 0 Å². The number of nitrogens with zero attached hydrogens (tertiary/aromatic N) is 6. The van der Waals surface area contributed by atoms with E-state index in [-0.39, 0.29) is 5.91 Å². The van der Waals surface area contributed by atoms with Crippen LogP contribution in [0.2, 0.25) is 0 Å².